The average molecular weight is 383 g/mol. The lowest BCUT2D eigenvalue weighted by Crippen LogP contribution is -2.45. The second-order valence-corrected chi connectivity index (χ2v) is 6.88. The van der Waals surface area contributed by atoms with E-state index in [9.17, 15) is 0 Å². The Kier molecular flexibility index (Phi) is 7.38. The van der Waals surface area contributed by atoms with Gasteiger partial charge in [0.2, 0.25) is 0 Å². The van der Waals surface area contributed by atoms with Crippen LogP contribution in [0.5, 0.6) is 5.75 Å². The third-order valence-electron chi connectivity index (χ3n) is 5.33. The molecule has 0 radical (unpaired) electrons. The Morgan fingerprint density at radius 2 is 1.80 bits per heavy atom. The van der Waals surface area contributed by atoms with Crippen molar-refractivity contribution in [3.05, 3.63) is 42.0 Å². The average Bonchev–Trinajstić information content (AvgIpc) is 3.44. The highest BCUT2D eigenvalue weighted by molar-refractivity contribution is 5.88. The Balaban J connectivity index is 0.00000113. The number of halogens is 2. The van der Waals surface area contributed by atoms with E-state index in [0.717, 1.165) is 37.8 Å². The van der Waals surface area contributed by atoms with Crippen LogP contribution < -0.4 is 10.1 Å². The molecule has 3 nitrogen and oxygen atoms in total. The first-order valence-electron chi connectivity index (χ1n) is 8.87. The van der Waals surface area contributed by atoms with Gasteiger partial charge in [-0.15, -0.1) is 24.8 Å². The van der Waals surface area contributed by atoms with Crippen LogP contribution in [0.1, 0.15) is 30.9 Å². The zero-order valence-electron chi connectivity index (χ0n) is 14.7. The fraction of sp³-hybridized carbons (Fsp3) is 0.500. The van der Waals surface area contributed by atoms with Crippen LogP contribution in [-0.4, -0.2) is 38.2 Å². The van der Waals surface area contributed by atoms with Crippen molar-refractivity contribution in [2.24, 2.45) is 5.92 Å². The summed E-state index contributed by atoms with van der Waals surface area (Å²) in [6.07, 6.45) is 4.07. The molecule has 1 heterocycles. The standard InChI is InChI=1S/C20H26N2O.2ClH/c1-23-19-9-8-16-4-2-3-5-17(16)20(19)18(14-15-6-7-15)22-12-10-21-11-13-22;;/h2-5,8-9,15,18,21H,6-7,10-14H2,1H3;2*1H/t18-;;/m0../s1. The van der Waals surface area contributed by atoms with Crippen LogP contribution >= 0.6 is 24.8 Å². The monoisotopic (exact) mass is 382 g/mol. The van der Waals surface area contributed by atoms with Crippen LogP contribution in [0, 0.1) is 5.92 Å². The minimum Gasteiger partial charge on any atom is -0.496 e. The lowest BCUT2D eigenvalue weighted by atomic mass is 9.92. The maximum atomic E-state index is 5.78. The van der Waals surface area contributed by atoms with Crippen molar-refractivity contribution in [2.75, 3.05) is 33.3 Å². The number of fused-ring (bicyclic) bond motifs is 1. The number of benzene rings is 2. The highest BCUT2D eigenvalue weighted by Gasteiger charge is 2.32. The van der Waals surface area contributed by atoms with E-state index in [1.165, 1.54) is 35.6 Å². The number of methoxy groups -OCH3 is 1. The molecule has 1 saturated carbocycles. The van der Waals surface area contributed by atoms with Gasteiger partial charge in [-0.25, -0.2) is 0 Å². The van der Waals surface area contributed by atoms with Crippen molar-refractivity contribution in [1.29, 1.82) is 0 Å². The number of nitrogens with one attached hydrogen (secondary N) is 1. The van der Waals surface area contributed by atoms with E-state index in [0.29, 0.717) is 6.04 Å². The number of piperazine rings is 1. The summed E-state index contributed by atoms with van der Waals surface area (Å²) in [7, 11) is 1.81. The molecular weight excluding hydrogens is 355 g/mol. The molecule has 1 aliphatic carbocycles. The van der Waals surface area contributed by atoms with E-state index in [4.69, 9.17) is 4.74 Å². The Hall–Kier alpha value is -1.00. The van der Waals surface area contributed by atoms with Crippen LogP contribution in [0.15, 0.2) is 36.4 Å². The zero-order chi connectivity index (χ0) is 15.6. The topological polar surface area (TPSA) is 24.5 Å². The molecule has 5 heteroatoms. The van der Waals surface area contributed by atoms with Gasteiger partial charge >= 0.3 is 0 Å². The van der Waals surface area contributed by atoms with Crippen molar-refractivity contribution in [1.82, 2.24) is 10.2 Å². The molecule has 0 spiro atoms. The summed E-state index contributed by atoms with van der Waals surface area (Å²) in [5.41, 5.74) is 1.40. The van der Waals surface area contributed by atoms with E-state index in [-0.39, 0.29) is 24.8 Å². The molecule has 1 aliphatic heterocycles. The second-order valence-electron chi connectivity index (χ2n) is 6.88. The SMILES string of the molecule is COc1ccc2ccccc2c1[C@H](CC1CC1)N1CCNCC1.Cl.Cl. The van der Waals surface area contributed by atoms with Crippen LogP contribution in [0.4, 0.5) is 0 Å². The van der Waals surface area contributed by atoms with Gasteiger partial charge in [0.1, 0.15) is 5.75 Å². The smallest absolute Gasteiger partial charge is 0.124 e. The molecule has 0 amide bonds. The Morgan fingerprint density at radius 3 is 2.48 bits per heavy atom. The summed E-state index contributed by atoms with van der Waals surface area (Å²) in [5.74, 6) is 1.95. The first-order chi connectivity index (χ1) is 11.4. The van der Waals surface area contributed by atoms with Gasteiger partial charge in [0.05, 0.1) is 7.11 Å². The van der Waals surface area contributed by atoms with Gasteiger partial charge < -0.3 is 10.1 Å². The summed E-state index contributed by atoms with van der Waals surface area (Å²) in [6, 6.07) is 13.6. The Morgan fingerprint density at radius 1 is 1.08 bits per heavy atom. The molecule has 2 aromatic rings. The predicted molar refractivity (Wildman–Crippen MR) is 110 cm³/mol. The van der Waals surface area contributed by atoms with Crippen molar-refractivity contribution < 1.29 is 4.74 Å². The molecule has 2 aliphatic rings. The summed E-state index contributed by atoms with van der Waals surface area (Å²) in [6.45, 7) is 4.44. The number of hydrogen-bond donors (Lipinski definition) is 1. The van der Waals surface area contributed by atoms with Gasteiger partial charge in [0.25, 0.3) is 0 Å². The molecule has 1 N–H and O–H groups in total. The molecule has 2 aromatic carbocycles. The Bertz CT molecular complexity index is 684. The van der Waals surface area contributed by atoms with Gasteiger partial charge in [0.15, 0.2) is 0 Å². The molecule has 0 aromatic heterocycles. The van der Waals surface area contributed by atoms with Gasteiger partial charge in [-0.2, -0.15) is 0 Å². The highest BCUT2D eigenvalue weighted by atomic mass is 35.5. The van der Waals surface area contributed by atoms with E-state index in [1.807, 2.05) is 0 Å². The molecule has 0 unspecified atom stereocenters. The maximum Gasteiger partial charge on any atom is 0.124 e. The minimum absolute atomic E-state index is 0. The number of nitrogens with zero attached hydrogens (tertiary/aromatic N) is 1. The Labute approximate surface area is 162 Å². The van der Waals surface area contributed by atoms with Crippen molar-refractivity contribution in [3.63, 3.8) is 0 Å². The van der Waals surface area contributed by atoms with E-state index in [2.05, 4.69) is 46.6 Å². The van der Waals surface area contributed by atoms with E-state index in [1.54, 1.807) is 7.11 Å². The third-order valence-corrected chi connectivity index (χ3v) is 5.33. The third kappa shape index (κ3) is 4.40. The van der Waals surface area contributed by atoms with Crippen LogP contribution in [0.25, 0.3) is 10.8 Å². The van der Waals surface area contributed by atoms with Crippen molar-refractivity contribution in [3.8, 4) is 5.75 Å². The quantitative estimate of drug-likeness (QED) is 0.826. The normalized spacial score (nSPS) is 18.9. The number of ether oxygens (including phenoxy) is 1. The summed E-state index contributed by atoms with van der Waals surface area (Å²) >= 11 is 0. The fourth-order valence-corrected chi connectivity index (χ4v) is 3.91. The highest BCUT2D eigenvalue weighted by Crippen LogP contribution is 2.44. The molecule has 25 heavy (non-hydrogen) atoms. The second kappa shape index (κ2) is 9.09. The number of rotatable bonds is 5. The lowest BCUT2D eigenvalue weighted by molar-refractivity contribution is 0.159. The van der Waals surface area contributed by atoms with Crippen LogP contribution in [0.3, 0.4) is 0 Å². The molecule has 4 rings (SSSR count). The lowest BCUT2D eigenvalue weighted by Gasteiger charge is -2.36. The van der Waals surface area contributed by atoms with Crippen LogP contribution in [-0.2, 0) is 0 Å². The number of hydrogen-bond acceptors (Lipinski definition) is 3. The van der Waals surface area contributed by atoms with Crippen molar-refractivity contribution >= 4 is 35.6 Å². The molecular formula is C20H28Cl2N2O. The fourth-order valence-electron chi connectivity index (χ4n) is 3.91. The van der Waals surface area contributed by atoms with Gasteiger partial charge in [-0.3, -0.25) is 4.90 Å². The molecule has 1 atom stereocenters. The first kappa shape index (κ1) is 20.3. The molecule has 138 valence electrons. The van der Waals surface area contributed by atoms with Gasteiger partial charge in [-0.05, 0) is 29.2 Å². The van der Waals surface area contributed by atoms with Gasteiger partial charge in [0, 0.05) is 37.8 Å². The summed E-state index contributed by atoms with van der Waals surface area (Å²) in [5, 5.41) is 6.16. The molecule has 1 saturated heterocycles. The van der Waals surface area contributed by atoms with Crippen LogP contribution in [0.2, 0.25) is 0 Å². The first-order valence-corrected chi connectivity index (χ1v) is 8.87. The van der Waals surface area contributed by atoms with Gasteiger partial charge in [-0.1, -0.05) is 43.2 Å². The van der Waals surface area contributed by atoms with E-state index >= 15 is 0 Å². The van der Waals surface area contributed by atoms with Crippen molar-refractivity contribution in [2.45, 2.75) is 25.3 Å². The minimum atomic E-state index is 0. The zero-order valence-corrected chi connectivity index (χ0v) is 16.4. The maximum absolute atomic E-state index is 5.78. The summed E-state index contributed by atoms with van der Waals surface area (Å²) in [4.78, 5) is 2.67. The largest absolute Gasteiger partial charge is 0.496 e. The predicted octanol–water partition coefficient (Wildman–Crippen LogP) is 4.44. The van der Waals surface area contributed by atoms with E-state index < -0.39 is 0 Å². The summed E-state index contributed by atoms with van der Waals surface area (Å²) < 4.78 is 5.78. The molecule has 0 bridgehead atoms. The molecule has 2 fully saturated rings.